The van der Waals surface area contributed by atoms with Gasteiger partial charge in [0.1, 0.15) is 0 Å². The van der Waals surface area contributed by atoms with Crippen molar-refractivity contribution in [2.75, 3.05) is 11.9 Å². The van der Waals surface area contributed by atoms with Crippen molar-refractivity contribution in [1.82, 2.24) is 24.7 Å². The zero-order valence-electron chi connectivity index (χ0n) is 19.9. The number of carbonyl (C=O) groups excluding carboxylic acids is 1. The number of benzene rings is 2. The smallest absolute Gasteiger partial charge is 0.251 e. The molecule has 1 aliphatic rings. The average molecular weight is 465 g/mol. The van der Waals surface area contributed by atoms with Crippen LogP contribution < -0.4 is 10.6 Å². The molecule has 0 spiro atoms. The molecule has 0 radical (unpaired) electrons. The van der Waals surface area contributed by atoms with Crippen LogP contribution in [-0.2, 0) is 0 Å². The molecule has 6 rings (SSSR count). The molecule has 0 atom stereocenters. The van der Waals surface area contributed by atoms with E-state index < -0.39 is 0 Å². The minimum Gasteiger partial charge on any atom is -0.367 e. The molecule has 0 saturated heterocycles. The summed E-state index contributed by atoms with van der Waals surface area (Å²) in [7, 11) is 0. The maximum absolute atomic E-state index is 12.4. The van der Waals surface area contributed by atoms with E-state index in [0.29, 0.717) is 17.5 Å². The van der Waals surface area contributed by atoms with Gasteiger partial charge >= 0.3 is 0 Å². The first-order valence-corrected chi connectivity index (χ1v) is 12.2. The molecule has 1 fully saturated rings. The highest BCUT2D eigenvalue weighted by molar-refractivity contribution is 5.95. The second-order valence-electron chi connectivity index (χ2n) is 9.69. The summed E-state index contributed by atoms with van der Waals surface area (Å²) < 4.78 is 2.09. The SMILES string of the molecule is CC(C)CNc1nc(-c2ccc3cc[nH]c3c2)cn2c(-c3ccc(C(=O)NC4CC4)cc3)cnc12. The average Bonchev–Trinajstić information content (AvgIpc) is 3.38. The Balaban J connectivity index is 1.42. The van der Waals surface area contributed by atoms with Gasteiger partial charge < -0.3 is 15.6 Å². The van der Waals surface area contributed by atoms with Crippen molar-refractivity contribution in [1.29, 1.82) is 0 Å². The first-order chi connectivity index (χ1) is 17.0. The summed E-state index contributed by atoms with van der Waals surface area (Å²) >= 11 is 0. The van der Waals surface area contributed by atoms with Gasteiger partial charge in [-0.05, 0) is 48.4 Å². The van der Waals surface area contributed by atoms with E-state index in [0.717, 1.165) is 58.9 Å². The van der Waals surface area contributed by atoms with E-state index in [2.05, 4.69) is 58.1 Å². The van der Waals surface area contributed by atoms with Gasteiger partial charge in [-0.15, -0.1) is 0 Å². The Morgan fingerprint density at radius 2 is 1.91 bits per heavy atom. The van der Waals surface area contributed by atoms with Crippen LogP contribution in [0.4, 0.5) is 5.82 Å². The van der Waals surface area contributed by atoms with Crippen molar-refractivity contribution in [3.05, 3.63) is 72.7 Å². The largest absolute Gasteiger partial charge is 0.367 e. The molecule has 3 heterocycles. The van der Waals surface area contributed by atoms with Crippen molar-refractivity contribution in [2.45, 2.75) is 32.7 Å². The van der Waals surface area contributed by atoms with Crippen LogP contribution in [0.5, 0.6) is 0 Å². The summed E-state index contributed by atoms with van der Waals surface area (Å²) in [4.78, 5) is 25.4. The Hall–Kier alpha value is -4.13. The Bertz CT molecular complexity index is 1520. The normalized spacial score (nSPS) is 13.6. The molecule has 7 nitrogen and oxygen atoms in total. The fourth-order valence-corrected chi connectivity index (χ4v) is 4.26. The van der Waals surface area contributed by atoms with Gasteiger partial charge in [0.05, 0.1) is 17.6 Å². The molecule has 3 aromatic heterocycles. The predicted molar refractivity (Wildman–Crippen MR) is 140 cm³/mol. The number of nitrogens with one attached hydrogen (secondary N) is 3. The number of imidazole rings is 1. The van der Waals surface area contributed by atoms with E-state index >= 15 is 0 Å². The monoisotopic (exact) mass is 464 g/mol. The standard InChI is InChI=1S/C28H28N6O/c1-17(2)14-30-26-27-31-15-25(19-4-6-20(7-5-19)28(35)32-22-9-10-22)34(27)16-24(33-26)21-8-3-18-11-12-29-23(18)13-21/h3-8,11-13,15-17,22,29H,9-10,14H2,1-2H3,(H,30,33)(H,32,35). The summed E-state index contributed by atoms with van der Waals surface area (Å²) in [5.74, 6) is 1.22. The van der Waals surface area contributed by atoms with Gasteiger partial charge in [0, 0.05) is 47.2 Å². The number of fused-ring (bicyclic) bond motifs is 2. The van der Waals surface area contributed by atoms with Crippen molar-refractivity contribution in [3.63, 3.8) is 0 Å². The Morgan fingerprint density at radius 3 is 2.69 bits per heavy atom. The molecular weight excluding hydrogens is 436 g/mol. The molecular formula is C28H28N6O. The maximum atomic E-state index is 12.4. The number of rotatable bonds is 7. The highest BCUT2D eigenvalue weighted by Gasteiger charge is 2.23. The first kappa shape index (κ1) is 21.4. The minimum atomic E-state index is -0.0106. The zero-order valence-corrected chi connectivity index (χ0v) is 19.9. The van der Waals surface area contributed by atoms with Gasteiger partial charge in [-0.1, -0.05) is 38.1 Å². The summed E-state index contributed by atoms with van der Waals surface area (Å²) in [6, 6.07) is 16.5. The number of hydrogen-bond acceptors (Lipinski definition) is 4. The quantitative estimate of drug-likeness (QED) is 0.297. The number of H-pyrrole nitrogens is 1. The number of nitrogens with zero attached hydrogens (tertiary/aromatic N) is 3. The van der Waals surface area contributed by atoms with Crippen LogP contribution in [-0.4, -0.2) is 37.8 Å². The lowest BCUT2D eigenvalue weighted by Crippen LogP contribution is -2.25. The first-order valence-electron chi connectivity index (χ1n) is 12.2. The third-order valence-corrected chi connectivity index (χ3v) is 6.38. The minimum absolute atomic E-state index is 0.0106. The van der Waals surface area contributed by atoms with Crippen LogP contribution in [0, 0.1) is 5.92 Å². The van der Waals surface area contributed by atoms with Gasteiger partial charge in [-0.3, -0.25) is 9.20 Å². The number of carbonyl (C=O) groups is 1. The predicted octanol–water partition coefficient (Wildman–Crippen LogP) is 5.50. The molecule has 7 heteroatoms. The fraction of sp³-hybridized carbons (Fsp3) is 0.250. The van der Waals surface area contributed by atoms with Crippen LogP contribution in [0.15, 0.2) is 67.1 Å². The summed E-state index contributed by atoms with van der Waals surface area (Å²) in [6.07, 6.45) is 8.01. The van der Waals surface area contributed by atoms with E-state index in [4.69, 9.17) is 9.97 Å². The second-order valence-corrected chi connectivity index (χ2v) is 9.69. The summed E-state index contributed by atoms with van der Waals surface area (Å²) in [6.45, 7) is 5.14. The number of aromatic nitrogens is 4. The van der Waals surface area contributed by atoms with Gasteiger partial charge in [-0.25, -0.2) is 9.97 Å². The molecule has 2 aromatic carbocycles. The van der Waals surface area contributed by atoms with E-state index in [1.807, 2.05) is 42.9 Å². The number of hydrogen-bond donors (Lipinski definition) is 3. The van der Waals surface area contributed by atoms with Crippen LogP contribution in [0.1, 0.15) is 37.0 Å². The van der Waals surface area contributed by atoms with Crippen LogP contribution >= 0.6 is 0 Å². The number of aromatic amines is 1. The number of anilines is 1. The zero-order chi connectivity index (χ0) is 23.9. The van der Waals surface area contributed by atoms with Gasteiger partial charge in [0.25, 0.3) is 5.91 Å². The molecule has 176 valence electrons. The Labute approximate surface area is 203 Å². The lowest BCUT2D eigenvalue weighted by Gasteiger charge is -2.13. The van der Waals surface area contributed by atoms with Crippen molar-refractivity contribution in [3.8, 4) is 22.5 Å². The highest BCUT2D eigenvalue weighted by atomic mass is 16.1. The topological polar surface area (TPSA) is 87.1 Å². The van der Waals surface area contributed by atoms with Gasteiger partial charge in [-0.2, -0.15) is 0 Å². The molecule has 1 saturated carbocycles. The van der Waals surface area contributed by atoms with Crippen molar-refractivity contribution >= 4 is 28.3 Å². The molecule has 0 bridgehead atoms. The summed E-state index contributed by atoms with van der Waals surface area (Å²) in [5, 5.41) is 7.70. The molecule has 0 aliphatic heterocycles. The number of amides is 1. The second kappa shape index (κ2) is 8.58. The van der Waals surface area contributed by atoms with E-state index in [9.17, 15) is 4.79 Å². The van der Waals surface area contributed by atoms with E-state index in [1.165, 1.54) is 5.39 Å². The van der Waals surface area contributed by atoms with E-state index in [-0.39, 0.29) is 5.91 Å². The van der Waals surface area contributed by atoms with Crippen molar-refractivity contribution in [2.24, 2.45) is 5.92 Å². The molecule has 1 aliphatic carbocycles. The Morgan fingerprint density at radius 1 is 1.11 bits per heavy atom. The molecule has 3 N–H and O–H groups in total. The van der Waals surface area contributed by atoms with Gasteiger partial charge in [0.2, 0.25) is 0 Å². The maximum Gasteiger partial charge on any atom is 0.251 e. The molecule has 35 heavy (non-hydrogen) atoms. The molecule has 0 unspecified atom stereocenters. The van der Waals surface area contributed by atoms with Crippen LogP contribution in [0.3, 0.4) is 0 Å². The van der Waals surface area contributed by atoms with Crippen LogP contribution in [0.2, 0.25) is 0 Å². The fourth-order valence-electron chi connectivity index (χ4n) is 4.26. The van der Waals surface area contributed by atoms with Crippen LogP contribution in [0.25, 0.3) is 39.1 Å². The van der Waals surface area contributed by atoms with Crippen molar-refractivity contribution < 1.29 is 4.79 Å². The lowest BCUT2D eigenvalue weighted by molar-refractivity contribution is 0.0951. The van der Waals surface area contributed by atoms with Gasteiger partial charge in [0.15, 0.2) is 11.5 Å². The molecule has 5 aromatic rings. The van der Waals surface area contributed by atoms with E-state index in [1.54, 1.807) is 0 Å². The molecule has 1 amide bonds. The highest BCUT2D eigenvalue weighted by Crippen LogP contribution is 2.29. The summed E-state index contributed by atoms with van der Waals surface area (Å²) in [5.41, 5.74) is 6.36. The third-order valence-electron chi connectivity index (χ3n) is 6.38. The lowest BCUT2D eigenvalue weighted by atomic mass is 10.1. The third kappa shape index (κ3) is 4.25. The Kier molecular flexibility index (Phi) is 5.25.